The number of hydrogen-bond donors (Lipinski definition) is 6. The number of aliphatic hydroxyl groups excluding tert-OH is 5. The maximum atomic E-state index is 13.1. The molecule has 9 heteroatoms. The van der Waals surface area contributed by atoms with Crippen LogP contribution in [0.15, 0.2) is 182 Å². The molecule has 7 unspecified atom stereocenters. The van der Waals surface area contributed by atoms with Crippen LogP contribution < -0.4 is 5.32 Å². The van der Waals surface area contributed by atoms with Crippen LogP contribution in [0.2, 0.25) is 0 Å². The Labute approximate surface area is 525 Å². The predicted molar refractivity (Wildman–Crippen MR) is 368 cm³/mol. The lowest BCUT2D eigenvalue weighted by atomic mass is 9.99. The van der Waals surface area contributed by atoms with Gasteiger partial charge >= 0.3 is 0 Å². The van der Waals surface area contributed by atoms with E-state index in [1.54, 1.807) is 6.08 Å². The first-order chi connectivity index (χ1) is 42.3. The molecule has 9 nitrogen and oxygen atoms in total. The highest BCUT2D eigenvalue weighted by atomic mass is 16.7. The van der Waals surface area contributed by atoms with E-state index in [0.717, 1.165) is 128 Å². The number of amides is 1. The Morgan fingerprint density at radius 1 is 0.407 bits per heavy atom. The number of allylic oxidation sites excluding steroid dienone is 29. The van der Waals surface area contributed by atoms with Gasteiger partial charge in [-0.15, -0.1) is 0 Å². The van der Waals surface area contributed by atoms with E-state index >= 15 is 0 Å². The van der Waals surface area contributed by atoms with Gasteiger partial charge < -0.3 is 40.3 Å². The second kappa shape index (κ2) is 63.3. The van der Waals surface area contributed by atoms with Crippen LogP contribution >= 0.6 is 0 Å². The fourth-order valence-electron chi connectivity index (χ4n) is 9.40. The Hall–Kier alpha value is -4.71. The third-order valence-electron chi connectivity index (χ3n) is 14.7. The number of nitrogens with one attached hydrogen (secondary N) is 1. The molecule has 1 rings (SSSR count). The molecule has 1 amide bonds. The van der Waals surface area contributed by atoms with Crippen molar-refractivity contribution in [1.29, 1.82) is 0 Å². The molecule has 0 saturated carbocycles. The molecule has 0 aromatic carbocycles. The molecule has 0 bridgehead atoms. The first-order valence-corrected chi connectivity index (χ1v) is 34.0. The number of aliphatic hydroxyl groups is 5. The lowest BCUT2D eigenvalue weighted by molar-refractivity contribution is -0.302. The lowest BCUT2D eigenvalue weighted by Gasteiger charge is -2.40. The largest absolute Gasteiger partial charge is 0.394 e. The summed E-state index contributed by atoms with van der Waals surface area (Å²) in [5.41, 5.74) is 0. The molecule has 0 aromatic rings. The van der Waals surface area contributed by atoms with Gasteiger partial charge in [0.2, 0.25) is 5.91 Å². The molecule has 1 aliphatic heterocycles. The molecule has 1 aliphatic rings. The fraction of sp³-hybridized carbons (Fsp3) is 0.597. The van der Waals surface area contributed by atoms with E-state index in [9.17, 15) is 30.3 Å². The number of carbonyl (C=O) groups is 1. The number of carbonyl (C=O) groups excluding carboxylic acids is 1. The predicted octanol–water partition coefficient (Wildman–Crippen LogP) is 18.7. The van der Waals surface area contributed by atoms with Crippen molar-refractivity contribution in [2.24, 2.45) is 0 Å². The zero-order chi connectivity index (χ0) is 62.1. The van der Waals surface area contributed by atoms with Gasteiger partial charge in [-0.05, 0) is 135 Å². The average Bonchev–Trinajstić information content (AvgIpc) is 2.36. The zero-order valence-electron chi connectivity index (χ0n) is 54.0. The standard InChI is InChI=1S/C77H123NO8/c1-3-5-7-9-11-13-15-17-19-21-23-25-27-28-29-30-31-32-33-34-35-36-37-38-39-40-41-42-43-44-45-47-49-51-53-55-57-59-61-63-65-67-73(81)78-70(69-85-77-76(84)75(83)74(82)72(68-79)86-77)71(80)66-64-62-60-58-56-54-52-50-48-46-26-24-22-20-18-16-14-12-10-8-6-4-2/h5,7,11,13,17,19,23,25,28-29,31-32,34-35,37-38,40-41,43-44,47-50,53,55-56,58,64,66,70-72,74-77,79-80,82-84H,3-4,6,8-10,12,14-16,18,20-22,24,26-27,30,33,36,39,42,45-46,51-52,54,57,59-63,65,67-69H2,1-2H3,(H,78,81)/b7-5-,13-11-,19-17-,25-23-,29-28-,32-31-,35-34-,38-37-,41-40-,44-43-,49-47-,50-48+,55-53-,58-56+,66-64+. The molecular formula is C77H123NO8. The number of hydrogen-bond acceptors (Lipinski definition) is 8. The van der Waals surface area contributed by atoms with Crippen LogP contribution in [0.5, 0.6) is 0 Å². The number of ether oxygens (including phenoxy) is 2. The van der Waals surface area contributed by atoms with Crippen LogP contribution in [0.4, 0.5) is 0 Å². The first kappa shape index (κ1) is 79.3. The Morgan fingerprint density at radius 2 is 0.733 bits per heavy atom. The van der Waals surface area contributed by atoms with Gasteiger partial charge in [-0.3, -0.25) is 4.79 Å². The average molecular weight is 1190 g/mol. The molecule has 1 fully saturated rings. The summed E-state index contributed by atoms with van der Waals surface area (Å²) in [7, 11) is 0. The summed E-state index contributed by atoms with van der Waals surface area (Å²) in [6.07, 6.45) is 95.5. The van der Waals surface area contributed by atoms with Gasteiger partial charge in [0.15, 0.2) is 6.29 Å². The van der Waals surface area contributed by atoms with E-state index in [2.05, 4.69) is 189 Å². The summed E-state index contributed by atoms with van der Waals surface area (Å²) in [6.45, 7) is 3.62. The van der Waals surface area contributed by atoms with Crippen molar-refractivity contribution < 1.29 is 39.8 Å². The van der Waals surface area contributed by atoms with Gasteiger partial charge in [0.05, 0.1) is 25.4 Å². The van der Waals surface area contributed by atoms with E-state index in [4.69, 9.17) is 9.47 Å². The van der Waals surface area contributed by atoms with Crippen molar-refractivity contribution in [2.75, 3.05) is 13.2 Å². The molecular weight excluding hydrogens is 1070 g/mol. The van der Waals surface area contributed by atoms with Crippen LogP contribution in [0, 0.1) is 0 Å². The summed E-state index contributed by atoms with van der Waals surface area (Å²) >= 11 is 0. The van der Waals surface area contributed by atoms with Crippen LogP contribution in [0.3, 0.4) is 0 Å². The van der Waals surface area contributed by atoms with Crippen molar-refractivity contribution in [2.45, 2.75) is 281 Å². The van der Waals surface area contributed by atoms with Gasteiger partial charge in [0, 0.05) is 6.42 Å². The summed E-state index contributed by atoms with van der Waals surface area (Å²) in [6, 6.07) is -0.857. The lowest BCUT2D eigenvalue weighted by Crippen LogP contribution is -2.60. The Bertz CT molecular complexity index is 2010. The van der Waals surface area contributed by atoms with E-state index in [-0.39, 0.29) is 12.5 Å². The Kier molecular flexibility index (Phi) is 58.4. The molecule has 86 heavy (non-hydrogen) atoms. The molecule has 484 valence electrons. The first-order valence-electron chi connectivity index (χ1n) is 34.0. The van der Waals surface area contributed by atoms with Crippen LogP contribution in [-0.4, -0.2) is 87.5 Å². The molecule has 0 aliphatic carbocycles. The maximum absolute atomic E-state index is 13.1. The summed E-state index contributed by atoms with van der Waals surface area (Å²) in [5.74, 6) is -0.222. The third kappa shape index (κ3) is 51.3. The van der Waals surface area contributed by atoms with E-state index in [1.165, 1.54) is 77.0 Å². The highest BCUT2D eigenvalue weighted by molar-refractivity contribution is 5.76. The minimum Gasteiger partial charge on any atom is -0.394 e. The van der Waals surface area contributed by atoms with Crippen molar-refractivity contribution in [3.63, 3.8) is 0 Å². The highest BCUT2D eigenvalue weighted by Gasteiger charge is 2.44. The van der Waals surface area contributed by atoms with Crippen LogP contribution in [-0.2, 0) is 14.3 Å². The Balaban J connectivity index is 2.23. The monoisotopic (exact) mass is 1190 g/mol. The van der Waals surface area contributed by atoms with Crippen molar-refractivity contribution in [3.05, 3.63) is 182 Å². The molecule has 0 radical (unpaired) electrons. The van der Waals surface area contributed by atoms with E-state index in [1.807, 2.05) is 6.08 Å². The zero-order valence-corrected chi connectivity index (χ0v) is 54.0. The maximum Gasteiger partial charge on any atom is 0.220 e. The summed E-state index contributed by atoms with van der Waals surface area (Å²) < 4.78 is 11.3. The third-order valence-corrected chi connectivity index (χ3v) is 14.7. The second-order valence-electron chi connectivity index (χ2n) is 22.5. The number of unbranched alkanes of at least 4 members (excludes halogenated alkanes) is 18. The molecule has 1 heterocycles. The molecule has 0 aromatic heterocycles. The van der Waals surface area contributed by atoms with Gasteiger partial charge in [-0.25, -0.2) is 0 Å². The van der Waals surface area contributed by atoms with Crippen molar-refractivity contribution in [1.82, 2.24) is 5.32 Å². The molecule has 0 spiro atoms. The highest BCUT2D eigenvalue weighted by Crippen LogP contribution is 2.23. The normalized spacial score (nSPS) is 19.3. The minimum absolute atomic E-state index is 0.222. The number of rotatable bonds is 56. The van der Waals surface area contributed by atoms with Crippen LogP contribution in [0.25, 0.3) is 0 Å². The van der Waals surface area contributed by atoms with Crippen LogP contribution in [0.1, 0.15) is 239 Å². The topological polar surface area (TPSA) is 149 Å². The molecule has 6 N–H and O–H groups in total. The van der Waals surface area contributed by atoms with Gasteiger partial charge in [0.1, 0.15) is 24.4 Å². The Morgan fingerprint density at radius 3 is 1.12 bits per heavy atom. The fourth-order valence-corrected chi connectivity index (χ4v) is 9.40. The van der Waals surface area contributed by atoms with Gasteiger partial charge in [0.25, 0.3) is 0 Å². The SMILES string of the molecule is CC/C=C\C/C=C\C/C=C\C/C=C\C/C=C\C/C=C\C/C=C\C/C=C\C/C=C\C/C=C\C/C=C\C/C=C\CCCCCCC(=O)NC(COC1OC(CO)C(O)C(O)C1O)C(O)/C=C/CC/C=C/CC/C=C/CCCCCCCCCCCCCC. The van der Waals surface area contributed by atoms with Crippen molar-refractivity contribution >= 4 is 5.91 Å². The van der Waals surface area contributed by atoms with Crippen molar-refractivity contribution in [3.8, 4) is 0 Å². The smallest absolute Gasteiger partial charge is 0.220 e. The summed E-state index contributed by atoms with van der Waals surface area (Å²) in [4.78, 5) is 13.1. The molecule has 1 saturated heterocycles. The van der Waals surface area contributed by atoms with E-state index < -0.39 is 49.5 Å². The minimum atomic E-state index is -1.59. The summed E-state index contributed by atoms with van der Waals surface area (Å²) in [5, 5.41) is 54.6. The molecule has 7 atom stereocenters. The van der Waals surface area contributed by atoms with E-state index in [0.29, 0.717) is 19.3 Å². The second-order valence-corrected chi connectivity index (χ2v) is 22.5. The van der Waals surface area contributed by atoms with Gasteiger partial charge in [-0.1, -0.05) is 280 Å². The van der Waals surface area contributed by atoms with Gasteiger partial charge in [-0.2, -0.15) is 0 Å². The quantitative estimate of drug-likeness (QED) is 0.0261.